The van der Waals surface area contributed by atoms with Gasteiger partial charge < -0.3 is 4.90 Å². The SMILES string of the molecule is C1=CCN(c2cccs2)CC1. The number of nitrogens with zero attached hydrogens (tertiary/aromatic N) is 1. The van der Waals surface area contributed by atoms with Crippen LogP contribution in [0.25, 0.3) is 0 Å². The molecule has 2 rings (SSSR count). The Morgan fingerprint density at radius 2 is 2.36 bits per heavy atom. The number of thiophene rings is 1. The van der Waals surface area contributed by atoms with Crippen LogP contribution in [-0.2, 0) is 0 Å². The highest BCUT2D eigenvalue weighted by Gasteiger charge is 2.06. The molecule has 0 saturated heterocycles. The summed E-state index contributed by atoms with van der Waals surface area (Å²) in [6.45, 7) is 2.26. The smallest absolute Gasteiger partial charge is 0.0911 e. The van der Waals surface area contributed by atoms with Crippen LogP contribution in [0.1, 0.15) is 6.42 Å². The summed E-state index contributed by atoms with van der Waals surface area (Å²) in [6.07, 6.45) is 5.69. The summed E-state index contributed by atoms with van der Waals surface area (Å²) in [5, 5.41) is 3.53. The van der Waals surface area contributed by atoms with Crippen LogP contribution in [0.3, 0.4) is 0 Å². The zero-order chi connectivity index (χ0) is 7.52. The Balaban J connectivity index is 2.11. The molecule has 0 bridgehead atoms. The summed E-state index contributed by atoms with van der Waals surface area (Å²) >= 11 is 1.82. The van der Waals surface area contributed by atoms with Crippen LogP contribution in [0.15, 0.2) is 29.7 Å². The molecule has 1 aromatic heterocycles. The lowest BCUT2D eigenvalue weighted by Gasteiger charge is -2.23. The van der Waals surface area contributed by atoms with E-state index in [2.05, 4.69) is 34.6 Å². The Hall–Kier alpha value is -0.760. The van der Waals surface area contributed by atoms with Crippen LogP contribution in [0.5, 0.6) is 0 Å². The number of hydrogen-bond acceptors (Lipinski definition) is 2. The van der Waals surface area contributed by atoms with E-state index in [-0.39, 0.29) is 0 Å². The van der Waals surface area contributed by atoms with Crippen LogP contribution in [0.2, 0.25) is 0 Å². The molecule has 1 aliphatic heterocycles. The standard InChI is InChI=1S/C9H11NS/c1-2-6-10(7-3-1)9-5-4-8-11-9/h1-2,4-5,8H,3,6-7H2. The van der Waals surface area contributed by atoms with E-state index in [1.165, 1.54) is 18.0 Å². The third kappa shape index (κ3) is 1.46. The molecule has 0 spiro atoms. The van der Waals surface area contributed by atoms with Crippen molar-refractivity contribution in [3.63, 3.8) is 0 Å². The predicted octanol–water partition coefficient (Wildman–Crippen LogP) is 2.51. The van der Waals surface area contributed by atoms with Crippen LogP contribution in [-0.4, -0.2) is 13.1 Å². The van der Waals surface area contributed by atoms with Crippen molar-refractivity contribution >= 4 is 16.3 Å². The van der Waals surface area contributed by atoms with Crippen LogP contribution in [0, 0.1) is 0 Å². The van der Waals surface area contributed by atoms with Crippen molar-refractivity contribution in [3.05, 3.63) is 29.7 Å². The van der Waals surface area contributed by atoms with Crippen LogP contribution in [0.4, 0.5) is 5.00 Å². The van der Waals surface area contributed by atoms with Crippen molar-refractivity contribution in [3.8, 4) is 0 Å². The Morgan fingerprint density at radius 1 is 1.36 bits per heavy atom. The van der Waals surface area contributed by atoms with Crippen molar-refractivity contribution in [2.75, 3.05) is 18.0 Å². The third-order valence-corrected chi connectivity index (χ3v) is 2.80. The van der Waals surface area contributed by atoms with Gasteiger partial charge in [0.2, 0.25) is 0 Å². The average Bonchev–Trinajstić information content (AvgIpc) is 2.58. The molecule has 0 aromatic carbocycles. The highest BCUT2D eigenvalue weighted by molar-refractivity contribution is 7.14. The van der Waals surface area contributed by atoms with Gasteiger partial charge in [0.15, 0.2) is 0 Å². The zero-order valence-corrected chi connectivity index (χ0v) is 7.18. The fourth-order valence-corrected chi connectivity index (χ4v) is 2.06. The molecule has 0 aliphatic carbocycles. The molecule has 0 radical (unpaired) electrons. The van der Waals surface area contributed by atoms with Crippen molar-refractivity contribution in [2.24, 2.45) is 0 Å². The maximum Gasteiger partial charge on any atom is 0.0911 e. The summed E-state index contributed by atoms with van der Waals surface area (Å²) in [4.78, 5) is 2.41. The lowest BCUT2D eigenvalue weighted by atomic mass is 10.2. The lowest BCUT2D eigenvalue weighted by Crippen LogP contribution is -2.25. The van der Waals surface area contributed by atoms with E-state index in [4.69, 9.17) is 0 Å². The van der Waals surface area contributed by atoms with Crippen molar-refractivity contribution < 1.29 is 0 Å². The maximum absolute atomic E-state index is 2.41. The summed E-state index contributed by atoms with van der Waals surface area (Å²) in [5.74, 6) is 0. The fourth-order valence-electron chi connectivity index (χ4n) is 1.29. The maximum atomic E-state index is 2.41. The third-order valence-electron chi connectivity index (χ3n) is 1.88. The minimum Gasteiger partial charge on any atom is -0.359 e. The van der Waals surface area contributed by atoms with Gasteiger partial charge in [-0.25, -0.2) is 0 Å². The molecular formula is C9H11NS. The first-order chi connectivity index (χ1) is 5.47. The van der Waals surface area contributed by atoms with Gasteiger partial charge in [0.25, 0.3) is 0 Å². The van der Waals surface area contributed by atoms with Crippen molar-refractivity contribution in [2.45, 2.75) is 6.42 Å². The number of rotatable bonds is 1. The van der Waals surface area contributed by atoms with Gasteiger partial charge in [-0.3, -0.25) is 0 Å². The molecule has 2 heterocycles. The molecule has 1 aliphatic rings. The van der Waals surface area contributed by atoms with Crippen LogP contribution >= 0.6 is 11.3 Å². The highest BCUT2D eigenvalue weighted by atomic mass is 32.1. The second kappa shape index (κ2) is 3.09. The topological polar surface area (TPSA) is 3.24 Å². The molecule has 0 saturated carbocycles. The van der Waals surface area contributed by atoms with Gasteiger partial charge in [-0.15, -0.1) is 11.3 Å². The molecule has 11 heavy (non-hydrogen) atoms. The summed E-state index contributed by atoms with van der Waals surface area (Å²) in [7, 11) is 0. The van der Waals surface area contributed by atoms with E-state index in [0.29, 0.717) is 0 Å². The summed E-state index contributed by atoms with van der Waals surface area (Å²) in [6, 6.07) is 4.29. The van der Waals surface area contributed by atoms with Gasteiger partial charge in [0.1, 0.15) is 0 Å². The average molecular weight is 165 g/mol. The first-order valence-corrected chi connectivity index (χ1v) is 4.78. The molecule has 58 valence electrons. The molecule has 1 aromatic rings. The van der Waals surface area contributed by atoms with Crippen molar-refractivity contribution in [1.82, 2.24) is 0 Å². The van der Waals surface area contributed by atoms with Crippen LogP contribution < -0.4 is 4.90 Å². The zero-order valence-electron chi connectivity index (χ0n) is 6.36. The first kappa shape index (κ1) is 6.92. The monoisotopic (exact) mass is 165 g/mol. The van der Waals surface area contributed by atoms with Gasteiger partial charge in [0, 0.05) is 13.1 Å². The molecule has 1 nitrogen and oxygen atoms in total. The predicted molar refractivity (Wildman–Crippen MR) is 50.3 cm³/mol. The van der Waals surface area contributed by atoms with Crippen molar-refractivity contribution in [1.29, 1.82) is 0 Å². The van der Waals surface area contributed by atoms with E-state index in [0.717, 1.165) is 6.54 Å². The van der Waals surface area contributed by atoms with Gasteiger partial charge in [0.05, 0.1) is 5.00 Å². The molecule has 0 amide bonds. The molecular weight excluding hydrogens is 154 g/mol. The molecule has 0 fully saturated rings. The van der Waals surface area contributed by atoms with E-state index < -0.39 is 0 Å². The second-order valence-corrected chi connectivity index (χ2v) is 3.58. The normalized spacial score (nSPS) is 17.3. The van der Waals surface area contributed by atoms with E-state index in [1.807, 2.05) is 11.3 Å². The molecule has 0 N–H and O–H groups in total. The minimum absolute atomic E-state index is 1.08. The minimum atomic E-state index is 1.08. The Kier molecular flexibility index (Phi) is 1.95. The Bertz CT molecular complexity index is 238. The second-order valence-electron chi connectivity index (χ2n) is 2.66. The van der Waals surface area contributed by atoms with E-state index >= 15 is 0 Å². The number of anilines is 1. The van der Waals surface area contributed by atoms with E-state index in [1.54, 1.807) is 0 Å². The largest absolute Gasteiger partial charge is 0.359 e. The quantitative estimate of drug-likeness (QED) is 0.578. The van der Waals surface area contributed by atoms with Gasteiger partial charge in [-0.1, -0.05) is 12.2 Å². The molecule has 0 unspecified atom stereocenters. The summed E-state index contributed by atoms with van der Waals surface area (Å²) < 4.78 is 0. The van der Waals surface area contributed by atoms with Gasteiger partial charge in [-0.05, 0) is 23.9 Å². The fraction of sp³-hybridized carbons (Fsp3) is 0.333. The Morgan fingerprint density at radius 3 is 3.00 bits per heavy atom. The first-order valence-electron chi connectivity index (χ1n) is 3.90. The lowest BCUT2D eigenvalue weighted by molar-refractivity contribution is 0.829. The van der Waals surface area contributed by atoms with E-state index in [9.17, 15) is 0 Å². The molecule has 0 atom stereocenters. The van der Waals surface area contributed by atoms with Gasteiger partial charge in [-0.2, -0.15) is 0 Å². The Labute approximate surface area is 71.0 Å². The summed E-state index contributed by atoms with van der Waals surface area (Å²) in [5.41, 5.74) is 0. The van der Waals surface area contributed by atoms with Gasteiger partial charge >= 0.3 is 0 Å². The molecule has 2 heteroatoms. The number of hydrogen-bond donors (Lipinski definition) is 0. The highest BCUT2D eigenvalue weighted by Crippen LogP contribution is 2.22.